The molecule has 0 radical (unpaired) electrons. The van der Waals surface area contributed by atoms with Crippen molar-refractivity contribution in [2.45, 2.75) is 44.4 Å². The Hall–Kier alpha value is -2.49. The second-order valence-corrected chi connectivity index (χ2v) is 8.46. The van der Waals surface area contributed by atoms with Crippen molar-refractivity contribution in [3.63, 3.8) is 0 Å². The lowest BCUT2D eigenvalue weighted by molar-refractivity contribution is -0.127. The van der Waals surface area contributed by atoms with Gasteiger partial charge in [0.1, 0.15) is 5.82 Å². The van der Waals surface area contributed by atoms with Crippen LogP contribution in [0, 0.1) is 17.7 Å². The second kappa shape index (κ2) is 8.71. The average Bonchev–Trinajstić information content (AvgIpc) is 2.79. The number of hydrogen-bond donors (Lipinski definition) is 2. The number of benzene rings is 3. The molecule has 1 fully saturated rings. The minimum Gasteiger partial charge on any atom is -0.384 e. The standard InChI is InChI=1S/C27H30FNO/c1-3-10-24-26(21-13-8-5-9-14-21)29-25(20-11-6-4-7-12-20)19(2)27(24,30)22-15-17-23(28)18-16-22/h4-9,11-19,24-26,29-30H,3,10H2,1-2H3/t19-,24-,25-,26-,27+/m0/s1. The van der Waals surface area contributed by atoms with Crippen molar-refractivity contribution in [3.05, 3.63) is 107 Å². The highest BCUT2D eigenvalue weighted by molar-refractivity contribution is 5.33. The van der Waals surface area contributed by atoms with Gasteiger partial charge >= 0.3 is 0 Å². The molecule has 1 aliphatic rings. The van der Waals surface area contributed by atoms with Crippen molar-refractivity contribution in [1.82, 2.24) is 5.32 Å². The van der Waals surface area contributed by atoms with Crippen molar-refractivity contribution >= 4 is 0 Å². The highest BCUT2D eigenvalue weighted by Crippen LogP contribution is 2.53. The summed E-state index contributed by atoms with van der Waals surface area (Å²) >= 11 is 0. The van der Waals surface area contributed by atoms with Crippen molar-refractivity contribution in [1.29, 1.82) is 0 Å². The first-order valence-corrected chi connectivity index (χ1v) is 10.9. The van der Waals surface area contributed by atoms with E-state index in [1.54, 1.807) is 12.1 Å². The first-order chi connectivity index (χ1) is 14.6. The van der Waals surface area contributed by atoms with Gasteiger partial charge in [-0.3, -0.25) is 0 Å². The van der Waals surface area contributed by atoms with E-state index in [1.165, 1.54) is 17.7 Å². The molecule has 4 rings (SSSR count). The van der Waals surface area contributed by atoms with E-state index < -0.39 is 5.60 Å². The van der Waals surface area contributed by atoms with Crippen LogP contribution in [0.5, 0.6) is 0 Å². The van der Waals surface area contributed by atoms with Gasteiger partial charge < -0.3 is 10.4 Å². The Morgan fingerprint density at radius 1 is 0.833 bits per heavy atom. The van der Waals surface area contributed by atoms with Gasteiger partial charge in [-0.1, -0.05) is 93.1 Å². The van der Waals surface area contributed by atoms with E-state index >= 15 is 0 Å². The number of nitrogens with one attached hydrogen (secondary N) is 1. The first kappa shape index (κ1) is 20.8. The molecule has 1 saturated heterocycles. The third kappa shape index (κ3) is 3.68. The van der Waals surface area contributed by atoms with Gasteiger partial charge in [0.05, 0.1) is 5.60 Å². The molecule has 0 aliphatic carbocycles. The van der Waals surface area contributed by atoms with Crippen LogP contribution in [0.3, 0.4) is 0 Å². The maximum absolute atomic E-state index is 13.7. The van der Waals surface area contributed by atoms with Gasteiger partial charge in [0.15, 0.2) is 0 Å². The van der Waals surface area contributed by atoms with Gasteiger partial charge in [-0.05, 0) is 35.2 Å². The van der Waals surface area contributed by atoms with E-state index in [9.17, 15) is 9.50 Å². The van der Waals surface area contributed by atoms with Crippen LogP contribution in [0.4, 0.5) is 4.39 Å². The van der Waals surface area contributed by atoms with Gasteiger partial charge in [0.25, 0.3) is 0 Å². The maximum Gasteiger partial charge on any atom is 0.123 e. The number of rotatable bonds is 5. The van der Waals surface area contributed by atoms with Crippen LogP contribution in [-0.2, 0) is 5.60 Å². The fourth-order valence-electron chi connectivity index (χ4n) is 5.23. The molecule has 5 atom stereocenters. The van der Waals surface area contributed by atoms with Crippen LogP contribution >= 0.6 is 0 Å². The molecule has 0 unspecified atom stereocenters. The van der Waals surface area contributed by atoms with Crippen LogP contribution in [0.1, 0.15) is 55.5 Å². The Labute approximate surface area is 178 Å². The highest BCUT2D eigenvalue weighted by atomic mass is 19.1. The van der Waals surface area contributed by atoms with Gasteiger partial charge in [-0.25, -0.2) is 4.39 Å². The van der Waals surface area contributed by atoms with E-state index in [0.717, 1.165) is 24.0 Å². The summed E-state index contributed by atoms with van der Waals surface area (Å²) in [6.07, 6.45) is 1.83. The highest BCUT2D eigenvalue weighted by Gasteiger charge is 2.53. The Bertz CT molecular complexity index is 944. The molecule has 0 aromatic heterocycles. The van der Waals surface area contributed by atoms with Crippen LogP contribution in [0.25, 0.3) is 0 Å². The van der Waals surface area contributed by atoms with Crippen LogP contribution in [0.15, 0.2) is 84.9 Å². The summed E-state index contributed by atoms with van der Waals surface area (Å²) in [5.41, 5.74) is 2.03. The largest absolute Gasteiger partial charge is 0.384 e. The predicted molar refractivity (Wildman–Crippen MR) is 119 cm³/mol. The van der Waals surface area contributed by atoms with Crippen LogP contribution < -0.4 is 5.32 Å². The van der Waals surface area contributed by atoms with Crippen molar-refractivity contribution in [2.24, 2.45) is 11.8 Å². The SMILES string of the molecule is CCC[C@H]1[C@H](c2ccccc2)N[C@H](c2ccccc2)[C@H](C)[C@@]1(O)c1ccc(F)cc1. The molecule has 3 aromatic carbocycles. The topological polar surface area (TPSA) is 32.3 Å². The third-order valence-corrected chi connectivity index (χ3v) is 6.74. The van der Waals surface area contributed by atoms with Crippen molar-refractivity contribution < 1.29 is 9.50 Å². The summed E-state index contributed by atoms with van der Waals surface area (Å²) in [7, 11) is 0. The van der Waals surface area contributed by atoms with Crippen LogP contribution in [-0.4, -0.2) is 5.11 Å². The molecule has 1 aliphatic heterocycles. The zero-order valence-corrected chi connectivity index (χ0v) is 17.6. The quantitative estimate of drug-likeness (QED) is 0.535. The molecule has 0 amide bonds. The number of hydrogen-bond acceptors (Lipinski definition) is 2. The molecular formula is C27H30FNO. The molecule has 3 aromatic rings. The Morgan fingerprint density at radius 2 is 1.37 bits per heavy atom. The van der Waals surface area contributed by atoms with E-state index in [2.05, 4.69) is 43.4 Å². The first-order valence-electron chi connectivity index (χ1n) is 10.9. The second-order valence-electron chi connectivity index (χ2n) is 8.46. The number of piperidine rings is 1. The molecule has 2 nitrogen and oxygen atoms in total. The minimum absolute atomic E-state index is 0.0115. The monoisotopic (exact) mass is 403 g/mol. The average molecular weight is 404 g/mol. The van der Waals surface area contributed by atoms with E-state index in [-0.39, 0.29) is 29.7 Å². The van der Waals surface area contributed by atoms with Gasteiger partial charge in [-0.2, -0.15) is 0 Å². The maximum atomic E-state index is 13.7. The molecule has 0 saturated carbocycles. The molecule has 0 spiro atoms. The normalized spacial score (nSPS) is 28.9. The predicted octanol–water partition coefficient (Wildman–Crippen LogP) is 6.15. The summed E-state index contributed by atoms with van der Waals surface area (Å²) in [5.74, 6) is -0.414. The lowest BCUT2D eigenvalue weighted by Gasteiger charge is -2.53. The zero-order chi connectivity index (χ0) is 21.1. The third-order valence-electron chi connectivity index (χ3n) is 6.74. The Balaban J connectivity index is 1.88. The minimum atomic E-state index is -1.09. The summed E-state index contributed by atoms with van der Waals surface area (Å²) in [6.45, 7) is 4.26. The molecule has 30 heavy (non-hydrogen) atoms. The van der Waals surface area contributed by atoms with E-state index in [1.807, 2.05) is 36.4 Å². The molecular weight excluding hydrogens is 373 g/mol. The summed E-state index contributed by atoms with van der Waals surface area (Å²) in [6, 6.07) is 27.1. The van der Waals surface area contributed by atoms with Crippen molar-refractivity contribution in [3.8, 4) is 0 Å². The number of aliphatic hydroxyl groups is 1. The van der Waals surface area contributed by atoms with E-state index in [0.29, 0.717) is 0 Å². The smallest absolute Gasteiger partial charge is 0.123 e. The van der Waals surface area contributed by atoms with Gasteiger partial charge in [0, 0.05) is 23.9 Å². The van der Waals surface area contributed by atoms with E-state index in [4.69, 9.17) is 0 Å². The van der Waals surface area contributed by atoms with Gasteiger partial charge in [0.2, 0.25) is 0 Å². The molecule has 3 heteroatoms. The summed E-state index contributed by atoms with van der Waals surface area (Å²) < 4.78 is 13.7. The molecule has 1 heterocycles. The fraction of sp³-hybridized carbons (Fsp3) is 0.333. The lowest BCUT2D eigenvalue weighted by atomic mass is 9.61. The number of halogens is 1. The molecule has 2 N–H and O–H groups in total. The molecule has 156 valence electrons. The lowest BCUT2D eigenvalue weighted by Crippen LogP contribution is -2.56. The Morgan fingerprint density at radius 3 is 1.90 bits per heavy atom. The van der Waals surface area contributed by atoms with Crippen molar-refractivity contribution in [2.75, 3.05) is 0 Å². The fourth-order valence-corrected chi connectivity index (χ4v) is 5.23. The van der Waals surface area contributed by atoms with Gasteiger partial charge in [-0.15, -0.1) is 0 Å². The Kier molecular flexibility index (Phi) is 6.03. The summed E-state index contributed by atoms with van der Waals surface area (Å²) in [5, 5.41) is 16.3. The molecule has 0 bridgehead atoms. The van der Waals surface area contributed by atoms with Crippen LogP contribution in [0.2, 0.25) is 0 Å². The summed E-state index contributed by atoms with van der Waals surface area (Å²) in [4.78, 5) is 0. The zero-order valence-electron chi connectivity index (χ0n) is 17.6.